The fourth-order valence-corrected chi connectivity index (χ4v) is 3.48. The summed E-state index contributed by atoms with van der Waals surface area (Å²) in [6.45, 7) is 5.89. The molecule has 3 aromatic rings. The fourth-order valence-electron chi connectivity index (χ4n) is 3.48. The molecule has 0 bridgehead atoms. The van der Waals surface area contributed by atoms with E-state index in [4.69, 9.17) is 4.74 Å². The number of hydrogen-bond donors (Lipinski definition) is 1. The van der Waals surface area contributed by atoms with Gasteiger partial charge in [-0.15, -0.1) is 0 Å². The van der Waals surface area contributed by atoms with E-state index >= 15 is 0 Å². The monoisotopic (exact) mass is 359 g/mol. The Morgan fingerprint density at radius 3 is 1.81 bits per heavy atom. The molecule has 0 heterocycles. The molecule has 0 aliphatic rings. The van der Waals surface area contributed by atoms with Crippen LogP contribution in [0.4, 0.5) is 0 Å². The summed E-state index contributed by atoms with van der Waals surface area (Å²) in [5.41, 5.74) is 4.04. The van der Waals surface area contributed by atoms with Gasteiger partial charge < -0.3 is 10.1 Å². The molecule has 1 N–H and O–H groups in total. The quantitative estimate of drug-likeness (QED) is 0.509. The predicted octanol–water partition coefficient (Wildman–Crippen LogP) is 5.96. The zero-order chi connectivity index (χ0) is 18.9. The van der Waals surface area contributed by atoms with Gasteiger partial charge in [-0.1, -0.05) is 72.8 Å². The smallest absolute Gasteiger partial charge is 0.119 e. The highest BCUT2D eigenvalue weighted by Gasteiger charge is 2.14. The molecule has 0 amide bonds. The maximum absolute atomic E-state index is 5.53. The Morgan fingerprint density at radius 2 is 1.30 bits per heavy atom. The van der Waals surface area contributed by atoms with Crippen molar-refractivity contribution in [2.24, 2.45) is 0 Å². The number of nitrogens with one attached hydrogen (secondary N) is 1. The minimum atomic E-state index is 0.313. The van der Waals surface area contributed by atoms with E-state index in [1.807, 2.05) is 19.1 Å². The van der Waals surface area contributed by atoms with Crippen LogP contribution in [0.15, 0.2) is 84.9 Å². The van der Waals surface area contributed by atoms with Crippen LogP contribution in [0.2, 0.25) is 0 Å². The Morgan fingerprint density at radius 1 is 0.741 bits per heavy atom. The molecule has 3 aromatic carbocycles. The number of hydrogen-bond acceptors (Lipinski definition) is 2. The van der Waals surface area contributed by atoms with Crippen LogP contribution in [0.25, 0.3) is 0 Å². The van der Waals surface area contributed by atoms with Gasteiger partial charge in [0.2, 0.25) is 0 Å². The molecule has 1 atom stereocenters. The van der Waals surface area contributed by atoms with E-state index in [2.05, 4.69) is 85.0 Å². The van der Waals surface area contributed by atoms with E-state index in [0.29, 0.717) is 18.6 Å². The van der Waals surface area contributed by atoms with Crippen molar-refractivity contribution in [1.82, 2.24) is 5.32 Å². The lowest BCUT2D eigenvalue weighted by atomic mass is 9.88. The second kappa shape index (κ2) is 9.94. The number of ether oxygens (including phenoxy) is 1. The molecule has 0 aromatic heterocycles. The van der Waals surface area contributed by atoms with Crippen molar-refractivity contribution in [3.63, 3.8) is 0 Å². The highest BCUT2D eigenvalue weighted by Crippen LogP contribution is 2.28. The van der Waals surface area contributed by atoms with Gasteiger partial charge in [0, 0.05) is 12.0 Å². The molecule has 0 saturated carbocycles. The highest BCUT2D eigenvalue weighted by molar-refractivity contribution is 5.32. The van der Waals surface area contributed by atoms with Gasteiger partial charge in [-0.2, -0.15) is 0 Å². The molecule has 0 aliphatic carbocycles. The lowest BCUT2D eigenvalue weighted by Crippen LogP contribution is -2.21. The number of rotatable bonds is 9. The van der Waals surface area contributed by atoms with Crippen molar-refractivity contribution in [1.29, 1.82) is 0 Å². The van der Waals surface area contributed by atoms with E-state index in [0.717, 1.165) is 18.7 Å². The van der Waals surface area contributed by atoms with Crippen molar-refractivity contribution in [3.05, 3.63) is 102 Å². The maximum atomic E-state index is 5.53. The standard InChI is InChI=1S/C25H29NO/c1-3-27-24-16-14-21(15-17-24)20(2)26-19-18-25(22-10-6-4-7-11-22)23-12-8-5-9-13-23/h4-17,20,25-26H,3,18-19H2,1-2H3. The van der Waals surface area contributed by atoms with Crippen LogP contribution in [-0.2, 0) is 0 Å². The molecule has 3 rings (SSSR count). The molecule has 0 fully saturated rings. The van der Waals surface area contributed by atoms with Crippen molar-refractivity contribution in [2.75, 3.05) is 13.2 Å². The molecular formula is C25H29NO. The van der Waals surface area contributed by atoms with Gasteiger partial charge in [-0.3, -0.25) is 0 Å². The van der Waals surface area contributed by atoms with Gasteiger partial charge >= 0.3 is 0 Å². The van der Waals surface area contributed by atoms with Crippen LogP contribution < -0.4 is 10.1 Å². The average molecular weight is 360 g/mol. The molecule has 0 spiro atoms. The SMILES string of the molecule is CCOc1ccc(C(C)NCCC(c2ccccc2)c2ccccc2)cc1. The Kier molecular flexibility index (Phi) is 7.06. The van der Waals surface area contributed by atoms with Crippen LogP contribution >= 0.6 is 0 Å². The van der Waals surface area contributed by atoms with Gasteiger partial charge in [0.15, 0.2) is 0 Å². The van der Waals surface area contributed by atoms with Gasteiger partial charge in [0.05, 0.1) is 6.61 Å². The summed E-state index contributed by atoms with van der Waals surface area (Å²) in [5, 5.41) is 3.68. The lowest BCUT2D eigenvalue weighted by molar-refractivity contribution is 0.340. The second-order valence-corrected chi connectivity index (χ2v) is 6.84. The van der Waals surface area contributed by atoms with E-state index in [1.54, 1.807) is 0 Å². The normalized spacial score (nSPS) is 12.1. The Labute approximate surface area is 163 Å². The second-order valence-electron chi connectivity index (χ2n) is 6.84. The van der Waals surface area contributed by atoms with Gasteiger partial charge in [0.1, 0.15) is 5.75 Å². The van der Waals surface area contributed by atoms with Crippen molar-refractivity contribution in [2.45, 2.75) is 32.2 Å². The molecule has 0 aliphatic heterocycles. The predicted molar refractivity (Wildman–Crippen MR) is 113 cm³/mol. The summed E-state index contributed by atoms with van der Waals surface area (Å²) in [7, 11) is 0. The summed E-state index contributed by atoms with van der Waals surface area (Å²) in [6, 6.07) is 30.3. The summed E-state index contributed by atoms with van der Waals surface area (Å²) in [4.78, 5) is 0. The Hall–Kier alpha value is -2.58. The first-order valence-electron chi connectivity index (χ1n) is 9.84. The van der Waals surface area contributed by atoms with Crippen LogP contribution in [0.3, 0.4) is 0 Å². The van der Waals surface area contributed by atoms with E-state index < -0.39 is 0 Å². The third kappa shape index (κ3) is 5.45. The molecule has 2 nitrogen and oxygen atoms in total. The van der Waals surface area contributed by atoms with Gasteiger partial charge in [-0.25, -0.2) is 0 Å². The third-order valence-electron chi connectivity index (χ3n) is 4.98. The minimum Gasteiger partial charge on any atom is -0.494 e. The summed E-state index contributed by atoms with van der Waals surface area (Å²) in [5.74, 6) is 1.34. The Balaban J connectivity index is 1.62. The van der Waals surface area contributed by atoms with Gasteiger partial charge in [-0.05, 0) is 55.6 Å². The molecule has 140 valence electrons. The molecule has 2 heteroatoms. The first-order chi connectivity index (χ1) is 13.3. The summed E-state index contributed by atoms with van der Waals surface area (Å²) in [6.07, 6.45) is 1.06. The lowest BCUT2D eigenvalue weighted by Gasteiger charge is -2.21. The van der Waals surface area contributed by atoms with Crippen molar-refractivity contribution >= 4 is 0 Å². The molecule has 0 radical (unpaired) electrons. The molecule has 27 heavy (non-hydrogen) atoms. The van der Waals surface area contributed by atoms with Crippen LogP contribution in [0, 0.1) is 0 Å². The Bertz CT molecular complexity index is 744. The molecular weight excluding hydrogens is 330 g/mol. The zero-order valence-electron chi connectivity index (χ0n) is 16.3. The van der Waals surface area contributed by atoms with Crippen LogP contribution in [0.5, 0.6) is 5.75 Å². The first kappa shape index (κ1) is 19.2. The van der Waals surface area contributed by atoms with Crippen LogP contribution in [-0.4, -0.2) is 13.2 Å². The number of benzene rings is 3. The van der Waals surface area contributed by atoms with Crippen molar-refractivity contribution in [3.8, 4) is 5.75 Å². The average Bonchev–Trinajstić information content (AvgIpc) is 2.73. The highest BCUT2D eigenvalue weighted by atomic mass is 16.5. The third-order valence-corrected chi connectivity index (χ3v) is 4.98. The van der Waals surface area contributed by atoms with Gasteiger partial charge in [0.25, 0.3) is 0 Å². The minimum absolute atomic E-state index is 0.313. The zero-order valence-corrected chi connectivity index (χ0v) is 16.3. The molecule has 0 saturated heterocycles. The summed E-state index contributed by atoms with van der Waals surface area (Å²) < 4.78 is 5.53. The van der Waals surface area contributed by atoms with E-state index in [9.17, 15) is 0 Å². The fraction of sp³-hybridized carbons (Fsp3) is 0.280. The van der Waals surface area contributed by atoms with Crippen molar-refractivity contribution < 1.29 is 4.74 Å². The largest absolute Gasteiger partial charge is 0.494 e. The molecule has 1 unspecified atom stereocenters. The van der Waals surface area contributed by atoms with Crippen LogP contribution in [0.1, 0.15) is 48.9 Å². The van der Waals surface area contributed by atoms with E-state index in [1.165, 1.54) is 16.7 Å². The van der Waals surface area contributed by atoms with E-state index in [-0.39, 0.29) is 0 Å². The first-order valence-corrected chi connectivity index (χ1v) is 9.84. The topological polar surface area (TPSA) is 21.3 Å². The maximum Gasteiger partial charge on any atom is 0.119 e. The summed E-state index contributed by atoms with van der Waals surface area (Å²) >= 11 is 0.